The molecule has 1 heterocycles. The van der Waals surface area contributed by atoms with Gasteiger partial charge in [0.1, 0.15) is 29.0 Å². The van der Waals surface area contributed by atoms with Crippen molar-refractivity contribution in [2.24, 2.45) is 0 Å². The fourth-order valence-electron chi connectivity index (χ4n) is 6.03. The largest absolute Gasteiger partial charge is 0.507 e. The van der Waals surface area contributed by atoms with Crippen LogP contribution in [-0.4, -0.2) is 80.9 Å². The Kier molecular flexibility index (Phi) is 8.42. The lowest BCUT2D eigenvalue weighted by Gasteiger charge is -2.42. The first-order valence-corrected chi connectivity index (χ1v) is 13.2. The Bertz CT molecular complexity index is 1490. The van der Waals surface area contributed by atoms with E-state index in [2.05, 4.69) is 5.32 Å². The van der Waals surface area contributed by atoms with Gasteiger partial charge in [0.2, 0.25) is 11.7 Å². The van der Waals surface area contributed by atoms with Crippen molar-refractivity contribution < 1.29 is 53.8 Å². The maximum absolute atomic E-state index is 13.7. The van der Waals surface area contributed by atoms with E-state index in [0.717, 1.165) is 6.92 Å². The fraction of sp³-hybridized carbons (Fsp3) is 0.448. The number of aliphatic hydroxyl groups excluding tert-OH is 1. The molecule has 0 spiro atoms. The summed E-state index contributed by atoms with van der Waals surface area (Å²) in [5, 5.41) is 47.4. The Morgan fingerprint density at radius 2 is 1.74 bits per heavy atom. The summed E-state index contributed by atoms with van der Waals surface area (Å²) in [6.45, 7) is 4.03. The van der Waals surface area contributed by atoms with Gasteiger partial charge in [-0.3, -0.25) is 19.2 Å². The Balaban J connectivity index is 0.00000405. The van der Waals surface area contributed by atoms with Crippen LogP contribution in [0, 0.1) is 0 Å². The highest BCUT2D eigenvalue weighted by Gasteiger charge is 2.49. The zero-order valence-corrected chi connectivity index (χ0v) is 24.1. The highest BCUT2D eigenvalue weighted by Crippen LogP contribution is 2.52. The summed E-state index contributed by atoms with van der Waals surface area (Å²) < 4.78 is 17.2. The van der Waals surface area contributed by atoms with Gasteiger partial charge in [-0.05, 0) is 19.9 Å². The molecule has 0 radical (unpaired) electrons. The summed E-state index contributed by atoms with van der Waals surface area (Å²) in [6.07, 6.45) is -5.06. The molecule has 5 N–H and O–H groups in total. The van der Waals surface area contributed by atoms with Crippen LogP contribution < -0.4 is 10.1 Å². The molecule has 12 nitrogen and oxygen atoms in total. The summed E-state index contributed by atoms with van der Waals surface area (Å²) >= 11 is 0. The number of aliphatic hydroxyl groups is 2. The monoisotopic (exact) mass is 605 g/mol. The van der Waals surface area contributed by atoms with Gasteiger partial charge in [0, 0.05) is 42.9 Å². The minimum atomic E-state index is -2.05. The minimum Gasteiger partial charge on any atom is -0.507 e. The number of ketones is 3. The minimum absolute atomic E-state index is 0. The van der Waals surface area contributed by atoms with Crippen LogP contribution in [0.25, 0.3) is 0 Å². The van der Waals surface area contributed by atoms with Crippen LogP contribution >= 0.6 is 12.4 Å². The highest BCUT2D eigenvalue weighted by molar-refractivity contribution is 6.31. The first-order chi connectivity index (χ1) is 19.3. The van der Waals surface area contributed by atoms with Crippen molar-refractivity contribution in [3.05, 3.63) is 51.6 Å². The Labute approximate surface area is 247 Å². The SMILES string of the molecule is COc1cccc2c1C(=O)c1c(O)c3c(c(O)c1C2=O)C[C@@](O)(C(C)=O)C[C@@H]3O[C@H]1C[C@H](NC(C)=O)[C@H](O)[C@H](C)O1.Cl. The molecule has 6 atom stereocenters. The van der Waals surface area contributed by atoms with Gasteiger partial charge in [0.15, 0.2) is 17.9 Å². The van der Waals surface area contributed by atoms with Gasteiger partial charge in [-0.1, -0.05) is 12.1 Å². The van der Waals surface area contributed by atoms with Crippen LogP contribution in [0.3, 0.4) is 0 Å². The molecule has 1 amide bonds. The van der Waals surface area contributed by atoms with Crippen molar-refractivity contribution >= 4 is 35.7 Å². The second-order valence-corrected chi connectivity index (χ2v) is 10.8. The molecule has 226 valence electrons. The maximum atomic E-state index is 13.7. The molecular weight excluding hydrogens is 574 g/mol. The molecule has 2 aromatic rings. The van der Waals surface area contributed by atoms with Crippen molar-refractivity contribution in [3.8, 4) is 17.2 Å². The number of hydrogen-bond acceptors (Lipinski definition) is 11. The average molecular weight is 606 g/mol. The highest BCUT2D eigenvalue weighted by atomic mass is 35.5. The summed E-state index contributed by atoms with van der Waals surface area (Å²) in [6, 6.07) is 3.66. The summed E-state index contributed by atoms with van der Waals surface area (Å²) in [7, 11) is 1.33. The van der Waals surface area contributed by atoms with Crippen LogP contribution in [0.1, 0.15) is 82.7 Å². The molecular formula is C29H32ClNO11. The van der Waals surface area contributed by atoms with E-state index in [4.69, 9.17) is 14.2 Å². The lowest BCUT2D eigenvalue weighted by Crippen LogP contribution is -2.55. The quantitative estimate of drug-likeness (QED) is 0.266. The predicted octanol–water partition coefficient (Wildman–Crippen LogP) is 1.63. The predicted molar refractivity (Wildman–Crippen MR) is 147 cm³/mol. The van der Waals surface area contributed by atoms with Crippen LogP contribution in [0.15, 0.2) is 18.2 Å². The Morgan fingerprint density at radius 3 is 2.36 bits per heavy atom. The maximum Gasteiger partial charge on any atom is 0.217 e. The molecule has 0 unspecified atom stereocenters. The van der Waals surface area contributed by atoms with Crippen molar-refractivity contribution in [1.82, 2.24) is 5.32 Å². The van der Waals surface area contributed by atoms with Crippen LogP contribution in [0.2, 0.25) is 0 Å². The van der Waals surface area contributed by atoms with Crippen LogP contribution in [0.5, 0.6) is 17.2 Å². The van der Waals surface area contributed by atoms with E-state index in [9.17, 15) is 39.6 Å². The zero-order chi connectivity index (χ0) is 30.0. The number of carbonyl (C=O) groups excluding carboxylic acids is 4. The number of halogens is 1. The molecule has 1 fully saturated rings. The number of benzene rings is 2. The molecule has 42 heavy (non-hydrogen) atoms. The second kappa shape index (κ2) is 11.3. The number of aromatic hydroxyl groups is 2. The van der Waals surface area contributed by atoms with Gasteiger partial charge in [-0.15, -0.1) is 12.4 Å². The van der Waals surface area contributed by atoms with E-state index in [1.165, 1.54) is 32.2 Å². The Hall–Kier alpha value is -3.55. The molecule has 1 saturated heterocycles. The number of carbonyl (C=O) groups is 4. The third-order valence-corrected chi connectivity index (χ3v) is 8.14. The lowest BCUT2D eigenvalue weighted by atomic mass is 9.72. The lowest BCUT2D eigenvalue weighted by molar-refractivity contribution is -0.249. The summed E-state index contributed by atoms with van der Waals surface area (Å²) in [4.78, 5) is 51.5. The molecule has 0 bridgehead atoms. The zero-order valence-electron chi connectivity index (χ0n) is 23.3. The van der Waals surface area contributed by atoms with E-state index in [1.807, 2.05) is 0 Å². The van der Waals surface area contributed by atoms with Gasteiger partial charge in [0.25, 0.3) is 0 Å². The van der Waals surface area contributed by atoms with Gasteiger partial charge in [0.05, 0.1) is 42.0 Å². The number of amides is 1. The second-order valence-electron chi connectivity index (χ2n) is 10.8. The molecule has 1 aliphatic heterocycles. The number of rotatable bonds is 5. The van der Waals surface area contributed by atoms with E-state index >= 15 is 0 Å². The molecule has 2 aromatic carbocycles. The Morgan fingerprint density at radius 1 is 1.07 bits per heavy atom. The molecule has 2 aliphatic carbocycles. The van der Waals surface area contributed by atoms with Gasteiger partial charge in [-0.25, -0.2) is 0 Å². The van der Waals surface area contributed by atoms with Gasteiger partial charge >= 0.3 is 0 Å². The number of methoxy groups -OCH3 is 1. The van der Waals surface area contributed by atoms with E-state index in [-0.39, 0.29) is 59.2 Å². The molecule has 0 aromatic heterocycles. The van der Waals surface area contributed by atoms with Gasteiger partial charge in [-0.2, -0.15) is 0 Å². The first kappa shape index (κ1) is 31.4. The fourth-order valence-corrected chi connectivity index (χ4v) is 6.03. The number of nitrogens with one attached hydrogen (secondary N) is 1. The van der Waals surface area contributed by atoms with Crippen molar-refractivity contribution in [1.29, 1.82) is 0 Å². The van der Waals surface area contributed by atoms with Crippen molar-refractivity contribution in [2.45, 2.75) is 76.3 Å². The summed E-state index contributed by atoms with van der Waals surface area (Å²) in [5.74, 6) is -3.72. The number of fused-ring (bicyclic) bond motifs is 3. The summed E-state index contributed by atoms with van der Waals surface area (Å²) in [5.41, 5.74) is -3.25. The molecule has 5 rings (SSSR count). The molecule has 3 aliphatic rings. The van der Waals surface area contributed by atoms with Crippen molar-refractivity contribution in [3.63, 3.8) is 0 Å². The molecule has 0 saturated carbocycles. The number of phenols is 2. The number of Topliss-reactive ketones (excluding diaryl/α,β-unsaturated/α-hetero) is 1. The van der Waals surface area contributed by atoms with Crippen LogP contribution in [-0.2, 0) is 25.5 Å². The van der Waals surface area contributed by atoms with Crippen molar-refractivity contribution in [2.75, 3.05) is 7.11 Å². The molecule has 13 heteroatoms. The van der Waals surface area contributed by atoms with Crippen LogP contribution in [0.4, 0.5) is 0 Å². The standard InChI is InChI=1S/C29H31NO11.ClH/c1-11-24(33)16(30-13(3)32)8-19(40-11)41-18-10-29(38,12(2)31)9-15-21(18)28(37)23-22(26(15)35)25(34)14-6-5-7-17(39-4)20(14)27(23)36;/h5-7,11,16,18-19,24,33,35,37-38H,8-10H2,1-4H3,(H,30,32);1H/t11-,16-,18-,19-,24+,29-;/m0./s1. The average Bonchev–Trinajstić information content (AvgIpc) is 2.91. The topological polar surface area (TPSA) is 189 Å². The smallest absolute Gasteiger partial charge is 0.217 e. The number of phenolic OH excluding ortho intramolecular Hbond substituents is 2. The first-order valence-electron chi connectivity index (χ1n) is 13.2. The third kappa shape index (κ3) is 4.92. The number of hydrogen-bond donors (Lipinski definition) is 5. The normalized spacial score (nSPS) is 28.1. The number of ether oxygens (including phenoxy) is 3. The third-order valence-electron chi connectivity index (χ3n) is 8.14. The van der Waals surface area contributed by atoms with Gasteiger partial charge < -0.3 is 40.0 Å². The van der Waals surface area contributed by atoms with E-state index < -0.39 is 82.6 Å². The van der Waals surface area contributed by atoms with E-state index in [1.54, 1.807) is 6.92 Å². The van der Waals surface area contributed by atoms with E-state index in [0.29, 0.717) is 0 Å².